The number of rotatable bonds is 8. The van der Waals surface area contributed by atoms with Crippen LogP contribution in [-0.2, 0) is 6.54 Å². The summed E-state index contributed by atoms with van der Waals surface area (Å²) < 4.78 is 0. The first-order chi connectivity index (χ1) is 8.71. The smallest absolute Gasteiger partial charge is 0.127 e. The highest BCUT2D eigenvalue weighted by atomic mass is 35.5. The molecule has 0 fully saturated rings. The van der Waals surface area contributed by atoms with Crippen molar-refractivity contribution in [2.75, 3.05) is 32.7 Å². The third-order valence-corrected chi connectivity index (χ3v) is 4.10. The maximum absolute atomic E-state index is 6.22. The molecule has 1 aromatic rings. The predicted molar refractivity (Wildman–Crippen MR) is 78.4 cm³/mol. The summed E-state index contributed by atoms with van der Waals surface area (Å²) in [5.41, 5.74) is 1.27. The van der Waals surface area contributed by atoms with Crippen LogP contribution in [0.25, 0.3) is 0 Å². The lowest BCUT2D eigenvalue weighted by Crippen LogP contribution is -3.19. The van der Waals surface area contributed by atoms with E-state index in [1.54, 1.807) is 9.80 Å². The molecule has 1 rings (SSSR count). The van der Waals surface area contributed by atoms with Crippen molar-refractivity contribution in [1.82, 2.24) is 0 Å². The van der Waals surface area contributed by atoms with Crippen LogP contribution in [-0.4, -0.2) is 32.7 Å². The van der Waals surface area contributed by atoms with Crippen LogP contribution in [0, 0.1) is 0 Å². The average Bonchev–Trinajstić information content (AvgIpc) is 2.40. The fraction of sp³-hybridized carbons (Fsp3) is 0.600. The van der Waals surface area contributed by atoms with Gasteiger partial charge in [0.2, 0.25) is 0 Å². The van der Waals surface area contributed by atoms with Crippen molar-refractivity contribution in [3.8, 4) is 0 Å². The van der Waals surface area contributed by atoms with E-state index in [9.17, 15) is 0 Å². The van der Waals surface area contributed by atoms with E-state index in [2.05, 4.69) is 32.9 Å². The molecular formula is C15H27ClN2+2. The zero-order valence-electron chi connectivity index (χ0n) is 11.9. The molecule has 0 amide bonds. The second-order valence-corrected chi connectivity index (χ2v) is 5.24. The van der Waals surface area contributed by atoms with Gasteiger partial charge in [-0.1, -0.05) is 29.8 Å². The van der Waals surface area contributed by atoms with Crippen molar-refractivity contribution >= 4 is 11.6 Å². The summed E-state index contributed by atoms with van der Waals surface area (Å²) in [6.45, 7) is 13.9. The van der Waals surface area contributed by atoms with Crippen molar-refractivity contribution in [3.63, 3.8) is 0 Å². The first-order valence-electron chi connectivity index (χ1n) is 7.11. The van der Waals surface area contributed by atoms with Crippen LogP contribution < -0.4 is 9.80 Å². The Morgan fingerprint density at radius 3 is 2.00 bits per heavy atom. The van der Waals surface area contributed by atoms with E-state index in [-0.39, 0.29) is 0 Å². The van der Waals surface area contributed by atoms with E-state index < -0.39 is 0 Å². The second-order valence-electron chi connectivity index (χ2n) is 4.83. The lowest BCUT2D eigenvalue weighted by molar-refractivity contribution is -0.962. The highest BCUT2D eigenvalue weighted by molar-refractivity contribution is 6.31. The van der Waals surface area contributed by atoms with Gasteiger partial charge in [-0.2, -0.15) is 0 Å². The van der Waals surface area contributed by atoms with Crippen molar-refractivity contribution in [3.05, 3.63) is 34.9 Å². The molecule has 0 aliphatic rings. The Bertz CT molecular complexity index is 337. The van der Waals surface area contributed by atoms with Crippen molar-refractivity contribution < 1.29 is 9.80 Å². The Labute approximate surface area is 117 Å². The molecule has 0 heterocycles. The third kappa shape index (κ3) is 4.97. The Balaban J connectivity index is 2.49. The minimum atomic E-state index is 0.902. The lowest BCUT2D eigenvalue weighted by Gasteiger charge is -2.21. The molecule has 0 aliphatic carbocycles. The summed E-state index contributed by atoms with van der Waals surface area (Å²) in [5, 5.41) is 0.902. The van der Waals surface area contributed by atoms with Crippen LogP contribution in [0.15, 0.2) is 24.3 Å². The number of benzene rings is 1. The van der Waals surface area contributed by atoms with Crippen LogP contribution in [0.4, 0.5) is 0 Å². The topological polar surface area (TPSA) is 8.88 Å². The maximum Gasteiger partial charge on any atom is 0.127 e. The number of hydrogen-bond donors (Lipinski definition) is 2. The molecule has 102 valence electrons. The molecule has 0 aliphatic heterocycles. The molecule has 1 unspecified atom stereocenters. The van der Waals surface area contributed by atoms with E-state index >= 15 is 0 Å². The Hall–Kier alpha value is -0.570. The van der Waals surface area contributed by atoms with Crippen molar-refractivity contribution in [1.29, 1.82) is 0 Å². The molecule has 2 nitrogen and oxygen atoms in total. The highest BCUT2D eigenvalue weighted by Gasteiger charge is 2.12. The van der Waals surface area contributed by atoms with Gasteiger partial charge in [0.05, 0.1) is 19.6 Å². The SMILES string of the molecule is CC[NH+](CC)CC[NH+](CC)Cc1ccccc1Cl. The van der Waals surface area contributed by atoms with Gasteiger partial charge in [0.25, 0.3) is 0 Å². The molecule has 2 N–H and O–H groups in total. The summed E-state index contributed by atoms with van der Waals surface area (Å²) >= 11 is 6.22. The Morgan fingerprint density at radius 2 is 1.44 bits per heavy atom. The van der Waals surface area contributed by atoms with Gasteiger partial charge in [0, 0.05) is 10.6 Å². The van der Waals surface area contributed by atoms with E-state index in [0.29, 0.717) is 0 Å². The lowest BCUT2D eigenvalue weighted by atomic mass is 10.2. The molecule has 0 radical (unpaired) electrons. The van der Waals surface area contributed by atoms with Crippen molar-refractivity contribution in [2.45, 2.75) is 27.3 Å². The van der Waals surface area contributed by atoms with Crippen molar-refractivity contribution in [2.24, 2.45) is 0 Å². The monoisotopic (exact) mass is 270 g/mol. The maximum atomic E-state index is 6.22. The number of halogens is 1. The zero-order valence-corrected chi connectivity index (χ0v) is 12.7. The molecule has 0 saturated heterocycles. The van der Waals surface area contributed by atoms with Gasteiger partial charge in [0.1, 0.15) is 19.6 Å². The average molecular weight is 271 g/mol. The molecule has 0 bridgehead atoms. The number of quaternary nitrogens is 2. The minimum absolute atomic E-state index is 0.902. The number of hydrogen-bond acceptors (Lipinski definition) is 0. The van der Waals surface area contributed by atoms with E-state index in [4.69, 9.17) is 11.6 Å². The predicted octanol–water partition coefficient (Wildman–Crippen LogP) is 0.670. The normalized spacial score (nSPS) is 12.9. The molecule has 1 aromatic carbocycles. The molecule has 0 aromatic heterocycles. The third-order valence-electron chi connectivity index (χ3n) is 3.73. The highest BCUT2D eigenvalue weighted by Crippen LogP contribution is 2.13. The number of likely N-dealkylation sites (N-methyl/N-ethyl adjacent to an activating group) is 2. The van der Waals surface area contributed by atoms with Gasteiger partial charge in [-0.25, -0.2) is 0 Å². The summed E-state index contributed by atoms with van der Waals surface area (Å²) in [6, 6.07) is 8.20. The standard InChI is InChI=1S/C15H25ClN2/c1-4-17(5-2)11-12-18(6-3)13-14-9-7-8-10-15(14)16/h7-10H,4-6,11-13H2,1-3H3/p+2. The molecule has 18 heavy (non-hydrogen) atoms. The molecule has 3 heteroatoms. The summed E-state index contributed by atoms with van der Waals surface area (Å²) in [6.07, 6.45) is 0. The molecule has 0 spiro atoms. The van der Waals surface area contributed by atoms with Crippen LogP contribution in [0.5, 0.6) is 0 Å². The van der Waals surface area contributed by atoms with Gasteiger partial charge in [-0.05, 0) is 26.8 Å². The fourth-order valence-corrected chi connectivity index (χ4v) is 2.46. The summed E-state index contributed by atoms with van der Waals surface area (Å²) in [7, 11) is 0. The minimum Gasteiger partial charge on any atom is -0.331 e. The fourth-order valence-electron chi connectivity index (χ4n) is 2.26. The van der Waals surface area contributed by atoms with Crippen LogP contribution in [0.2, 0.25) is 5.02 Å². The van der Waals surface area contributed by atoms with E-state index in [1.807, 2.05) is 12.1 Å². The Morgan fingerprint density at radius 1 is 0.889 bits per heavy atom. The summed E-state index contributed by atoms with van der Waals surface area (Å²) in [5.74, 6) is 0. The van der Waals surface area contributed by atoms with Gasteiger partial charge in [-0.3, -0.25) is 0 Å². The zero-order chi connectivity index (χ0) is 13.4. The first kappa shape index (κ1) is 15.5. The van der Waals surface area contributed by atoms with E-state index in [0.717, 1.165) is 18.1 Å². The number of nitrogens with one attached hydrogen (secondary N) is 2. The Kier molecular flexibility index (Phi) is 7.33. The van der Waals surface area contributed by atoms with Crippen LogP contribution >= 0.6 is 11.6 Å². The van der Waals surface area contributed by atoms with Crippen LogP contribution in [0.3, 0.4) is 0 Å². The quantitative estimate of drug-likeness (QED) is 0.687. The summed E-state index contributed by atoms with van der Waals surface area (Å²) in [4.78, 5) is 3.29. The van der Waals surface area contributed by atoms with Gasteiger partial charge < -0.3 is 9.80 Å². The second kappa shape index (κ2) is 8.52. The van der Waals surface area contributed by atoms with E-state index in [1.165, 1.54) is 31.7 Å². The molecule has 1 atom stereocenters. The van der Waals surface area contributed by atoms with Crippen LogP contribution in [0.1, 0.15) is 26.3 Å². The largest absolute Gasteiger partial charge is 0.331 e. The molecule has 0 saturated carbocycles. The molecular weight excluding hydrogens is 244 g/mol. The van der Waals surface area contributed by atoms with Gasteiger partial charge in [-0.15, -0.1) is 0 Å². The van der Waals surface area contributed by atoms with Gasteiger partial charge >= 0.3 is 0 Å². The first-order valence-corrected chi connectivity index (χ1v) is 7.49. The van der Waals surface area contributed by atoms with Gasteiger partial charge in [0.15, 0.2) is 0 Å².